The molecule has 1 amide bonds. The Bertz CT molecular complexity index is 473. The highest BCUT2D eigenvalue weighted by molar-refractivity contribution is 5.94. The molecule has 0 saturated heterocycles. The van der Waals surface area contributed by atoms with Crippen molar-refractivity contribution in [2.75, 3.05) is 0 Å². The summed E-state index contributed by atoms with van der Waals surface area (Å²) >= 11 is 0. The van der Waals surface area contributed by atoms with Crippen molar-refractivity contribution >= 4 is 5.91 Å². The number of nitrogens with two attached hydrogens (primary N) is 1. The lowest BCUT2D eigenvalue weighted by molar-refractivity contribution is 0.0487. The summed E-state index contributed by atoms with van der Waals surface area (Å²) in [5.41, 5.74) is 1.88. The van der Waals surface area contributed by atoms with E-state index in [9.17, 15) is 4.79 Å². The van der Waals surface area contributed by atoms with E-state index in [-0.39, 0.29) is 17.4 Å². The maximum absolute atomic E-state index is 12.7. The zero-order valence-electron chi connectivity index (χ0n) is 15.6. The number of carbonyl (C=O) groups is 1. The zero-order valence-corrected chi connectivity index (χ0v) is 15.6. The molecule has 0 aliphatic carbocycles. The number of aryl methyl sites for hydroxylation is 1. The number of hydrogen-bond donors (Lipinski definition) is 1. The predicted molar refractivity (Wildman–Crippen MR) is 98.2 cm³/mol. The van der Waals surface area contributed by atoms with Gasteiger partial charge in [0.2, 0.25) is 0 Å². The van der Waals surface area contributed by atoms with Crippen LogP contribution in [0.25, 0.3) is 0 Å². The van der Waals surface area contributed by atoms with Crippen molar-refractivity contribution in [3.8, 4) is 0 Å². The van der Waals surface area contributed by atoms with Crippen LogP contribution in [-0.4, -0.2) is 17.0 Å². The van der Waals surface area contributed by atoms with Gasteiger partial charge in [0, 0.05) is 5.56 Å². The van der Waals surface area contributed by atoms with Gasteiger partial charge >= 0.3 is 0 Å². The standard InChI is InChI=1S/C20H34N2O/c1-6-8-9-10-11-18(20(3,4)5)22(21)19(23)17-14-12-16(7-2)13-15-17/h12-15,18H,6-11,21H2,1-5H3. The van der Waals surface area contributed by atoms with Gasteiger partial charge in [-0.2, -0.15) is 0 Å². The fraction of sp³-hybridized carbons (Fsp3) is 0.650. The lowest BCUT2D eigenvalue weighted by atomic mass is 9.83. The van der Waals surface area contributed by atoms with E-state index in [0.29, 0.717) is 5.56 Å². The summed E-state index contributed by atoms with van der Waals surface area (Å²) in [7, 11) is 0. The van der Waals surface area contributed by atoms with Crippen LogP contribution in [0.15, 0.2) is 24.3 Å². The molecule has 0 aliphatic heterocycles. The minimum Gasteiger partial charge on any atom is -0.273 e. The fourth-order valence-corrected chi connectivity index (χ4v) is 2.93. The monoisotopic (exact) mass is 318 g/mol. The Labute approximate surface area is 142 Å². The Hall–Kier alpha value is -1.35. The van der Waals surface area contributed by atoms with Crippen molar-refractivity contribution in [3.63, 3.8) is 0 Å². The van der Waals surface area contributed by atoms with Crippen LogP contribution in [0.2, 0.25) is 0 Å². The highest BCUT2D eigenvalue weighted by atomic mass is 16.2. The molecular formula is C20H34N2O. The first-order valence-electron chi connectivity index (χ1n) is 8.98. The van der Waals surface area contributed by atoms with Crippen molar-refractivity contribution in [2.24, 2.45) is 11.3 Å². The molecule has 130 valence electrons. The number of benzene rings is 1. The quantitative estimate of drug-likeness (QED) is 0.319. The molecule has 0 fully saturated rings. The summed E-state index contributed by atoms with van der Waals surface area (Å²) in [6.45, 7) is 10.8. The zero-order chi connectivity index (χ0) is 17.5. The molecule has 1 unspecified atom stereocenters. The van der Waals surface area contributed by atoms with Gasteiger partial charge in [-0.15, -0.1) is 0 Å². The summed E-state index contributed by atoms with van der Waals surface area (Å²) < 4.78 is 0. The summed E-state index contributed by atoms with van der Waals surface area (Å²) in [6, 6.07) is 7.84. The number of hydrazine groups is 1. The third-order valence-electron chi connectivity index (χ3n) is 4.51. The molecule has 1 atom stereocenters. The van der Waals surface area contributed by atoms with Crippen LogP contribution in [0.5, 0.6) is 0 Å². The Morgan fingerprint density at radius 1 is 1.09 bits per heavy atom. The topological polar surface area (TPSA) is 46.3 Å². The van der Waals surface area contributed by atoms with Gasteiger partial charge < -0.3 is 0 Å². The summed E-state index contributed by atoms with van der Waals surface area (Å²) in [4.78, 5) is 12.7. The van der Waals surface area contributed by atoms with Crippen LogP contribution >= 0.6 is 0 Å². The Balaban J connectivity index is 2.81. The number of rotatable bonds is 8. The maximum atomic E-state index is 12.7. The largest absolute Gasteiger partial charge is 0.273 e. The molecule has 3 heteroatoms. The van der Waals surface area contributed by atoms with Gasteiger partial charge in [-0.25, -0.2) is 5.84 Å². The van der Waals surface area contributed by atoms with E-state index in [1.165, 1.54) is 29.8 Å². The van der Waals surface area contributed by atoms with Crippen molar-refractivity contribution in [3.05, 3.63) is 35.4 Å². The number of hydrogen-bond acceptors (Lipinski definition) is 2. The van der Waals surface area contributed by atoms with Gasteiger partial charge in [-0.05, 0) is 36.0 Å². The van der Waals surface area contributed by atoms with E-state index < -0.39 is 0 Å². The van der Waals surface area contributed by atoms with Crippen LogP contribution in [0.4, 0.5) is 0 Å². The SMILES string of the molecule is CCCCCCC(N(N)C(=O)c1ccc(CC)cc1)C(C)(C)C. The summed E-state index contributed by atoms with van der Waals surface area (Å²) in [5, 5.41) is 1.47. The number of amides is 1. The Morgan fingerprint density at radius 3 is 2.17 bits per heavy atom. The third-order valence-corrected chi connectivity index (χ3v) is 4.51. The first kappa shape index (κ1) is 19.7. The van der Waals surface area contributed by atoms with Gasteiger partial charge in [-0.1, -0.05) is 72.4 Å². The van der Waals surface area contributed by atoms with Crippen molar-refractivity contribution < 1.29 is 4.79 Å². The first-order valence-corrected chi connectivity index (χ1v) is 8.98. The smallest absolute Gasteiger partial charge is 0.268 e. The van der Waals surface area contributed by atoms with Crippen LogP contribution < -0.4 is 5.84 Å². The molecule has 0 saturated carbocycles. The van der Waals surface area contributed by atoms with Crippen LogP contribution in [-0.2, 0) is 6.42 Å². The van der Waals surface area contributed by atoms with Crippen LogP contribution in [0.1, 0.15) is 82.6 Å². The molecular weight excluding hydrogens is 284 g/mol. The van der Waals surface area contributed by atoms with Crippen molar-refractivity contribution in [1.82, 2.24) is 5.01 Å². The number of carbonyl (C=O) groups excluding carboxylic acids is 1. The Kier molecular flexibility index (Phi) is 7.77. The van der Waals surface area contributed by atoms with Gasteiger partial charge in [0.1, 0.15) is 0 Å². The summed E-state index contributed by atoms with van der Waals surface area (Å²) in [6.07, 6.45) is 6.71. The van der Waals surface area contributed by atoms with Crippen LogP contribution in [0.3, 0.4) is 0 Å². The van der Waals surface area contributed by atoms with Gasteiger partial charge in [0.05, 0.1) is 6.04 Å². The molecule has 0 radical (unpaired) electrons. The van der Waals surface area contributed by atoms with E-state index >= 15 is 0 Å². The third kappa shape index (κ3) is 5.98. The first-order chi connectivity index (χ1) is 10.8. The second kappa shape index (κ2) is 9.07. The molecule has 1 aromatic carbocycles. The van der Waals surface area contributed by atoms with E-state index in [0.717, 1.165) is 19.3 Å². The molecule has 3 nitrogen and oxygen atoms in total. The van der Waals surface area contributed by atoms with E-state index in [1.54, 1.807) is 0 Å². The van der Waals surface area contributed by atoms with Gasteiger partial charge in [0.25, 0.3) is 5.91 Å². The normalized spacial score (nSPS) is 13.0. The molecule has 0 heterocycles. The van der Waals surface area contributed by atoms with E-state index in [2.05, 4.69) is 34.6 Å². The van der Waals surface area contributed by atoms with Crippen molar-refractivity contribution in [1.29, 1.82) is 0 Å². The molecule has 0 bridgehead atoms. The molecule has 0 spiro atoms. The highest BCUT2D eigenvalue weighted by Gasteiger charge is 2.31. The minimum atomic E-state index is -0.0805. The van der Waals surface area contributed by atoms with Crippen molar-refractivity contribution in [2.45, 2.75) is 79.2 Å². The average Bonchev–Trinajstić information content (AvgIpc) is 2.52. The lowest BCUT2D eigenvalue weighted by Crippen LogP contribution is -2.51. The second-order valence-electron chi connectivity index (χ2n) is 7.49. The highest BCUT2D eigenvalue weighted by Crippen LogP contribution is 2.28. The Morgan fingerprint density at radius 2 is 1.70 bits per heavy atom. The molecule has 2 N–H and O–H groups in total. The van der Waals surface area contributed by atoms with E-state index in [4.69, 9.17) is 5.84 Å². The lowest BCUT2D eigenvalue weighted by Gasteiger charge is -2.37. The second-order valence-corrected chi connectivity index (χ2v) is 7.49. The number of unbranched alkanes of at least 4 members (excludes halogenated alkanes) is 3. The molecule has 0 aromatic heterocycles. The maximum Gasteiger partial charge on any atom is 0.268 e. The van der Waals surface area contributed by atoms with E-state index in [1.807, 2.05) is 24.3 Å². The van der Waals surface area contributed by atoms with Gasteiger partial charge in [0.15, 0.2) is 0 Å². The molecule has 1 aromatic rings. The molecule has 1 rings (SSSR count). The van der Waals surface area contributed by atoms with Crippen LogP contribution in [0, 0.1) is 5.41 Å². The molecule has 23 heavy (non-hydrogen) atoms. The minimum absolute atomic E-state index is 0.0278. The predicted octanol–water partition coefficient (Wildman–Crippen LogP) is 4.95. The number of nitrogens with zero attached hydrogens (tertiary/aromatic N) is 1. The van der Waals surface area contributed by atoms with Gasteiger partial charge in [-0.3, -0.25) is 9.80 Å². The summed E-state index contributed by atoms with van der Waals surface area (Å²) in [5.74, 6) is 6.17. The fourth-order valence-electron chi connectivity index (χ4n) is 2.93. The average molecular weight is 319 g/mol. The molecule has 0 aliphatic rings.